The van der Waals surface area contributed by atoms with Crippen molar-refractivity contribution in [1.29, 1.82) is 0 Å². The standard InChI is InChI=1S/C62H51BN2OSi/c1-61(2,3)40-29-32-42(33-30-40)64-54-39-59-49(48-25-15-18-28-58(48)67(59,44-19-9-7-10-20-44)45-21-11-8-12-22-45)38-50(54)63-51-35-41(62(4,5)6)31-34-56(51)66-57-37-43(36-55(64)60(57)63)65-52-26-16-13-23-46(52)47-24-14-17-27-53(47)65/h7-39H,1-6H3. The van der Waals surface area contributed by atoms with Crippen LogP contribution in [0.5, 0.6) is 11.5 Å². The monoisotopic (exact) mass is 878 g/mol. The molecule has 0 fully saturated rings. The molecule has 0 saturated heterocycles. The van der Waals surface area contributed by atoms with Crippen molar-refractivity contribution < 1.29 is 4.74 Å². The lowest BCUT2D eigenvalue weighted by atomic mass is 9.34. The maximum Gasteiger partial charge on any atom is 0.256 e. The number of aromatic nitrogens is 1. The third-order valence-electron chi connectivity index (χ3n) is 15.0. The molecule has 3 aliphatic heterocycles. The predicted molar refractivity (Wildman–Crippen MR) is 287 cm³/mol. The van der Waals surface area contributed by atoms with Gasteiger partial charge in [0.15, 0.2) is 8.07 Å². The molecule has 4 heterocycles. The summed E-state index contributed by atoms with van der Waals surface area (Å²) in [6.45, 7) is 13.8. The second kappa shape index (κ2) is 14.3. The van der Waals surface area contributed by atoms with E-state index in [-0.39, 0.29) is 17.5 Å². The number of para-hydroxylation sites is 2. The van der Waals surface area contributed by atoms with Crippen LogP contribution in [0.4, 0.5) is 17.1 Å². The highest BCUT2D eigenvalue weighted by atomic mass is 28.3. The van der Waals surface area contributed by atoms with Gasteiger partial charge in [-0.25, -0.2) is 0 Å². The van der Waals surface area contributed by atoms with Gasteiger partial charge < -0.3 is 14.2 Å². The van der Waals surface area contributed by atoms with E-state index in [4.69, 9.17) is 4.74 Å². The number of ether oxygens (including phenoxy) is 1. The zero-order valence-electron chi connectivity index (χ0n) is 38.9. The van der Waals surface area contributed by atoms with Crippen molar-refractivity contribution in [2.24, 2.45) is 0 Å². The number of hydrogen-bond acceptors (Lipinski definition) is 2. The van der Waals surface area contributed by atoms with Gasteiger partial charge in [-0.15, -0.1) is 0 Å². The molecule has 0 unspecified atom stereocenters. The molecule has 0 saturated carbocycles. The van der Waals surface area contributed by atoms with Crippen LogP contribution in [0.3, 0.4) is 0 Å². The van der Waals surface area contributed by atoms with Gasteiger partial charge in [-0.3, -0.25) is 0 Å². The molecule has 0 amide bonds. The van der Waals surface area contributed by atoms with E-state index in [9.17, 15) is 0 Å². The lowest BCUT2D eigenvalue weighted by Crippen LogP contribution is -2.73. The molecular weight excluding hydrogens is 828 g/mol. The normalized spacial score (nSPS) is 14.3. The van der Waals surface area contributed by atoms with Crippen molar-refractivity contribution in [3.8, 4) is 28.3 Å². The molecule has 67 heavy (non-hydrogen) atoms. The Hall–Kier alpha value is -7.34. The Balaban J connectivity index is 1.18. The third kappa shape index (κ3) is 5.77. The van der Waals surface area contributed by atoms with E-state index in [0.717, 1.165) is 28.6 Å². The van der Waals surface area contributed by atoms with Crippen molar-refractivity contribution in [2.75, 3.05) is 4.90 Å². The van der Waals surface area contributed by atoms with Gasteiger partial charge in [0.05, 0.1) is 16.7 Å². The zero-order chi connectivity index (χ0) is 45.4. The molecule has 9 aromatic carbocycles. The summed E-state index contributed by atoms with van der Waals surface area (Å²) < 4.78 is 9.72. The van der Waals surface area contributed by atoms with Gasteiger partial charge in [0.2, 0.25) is 0 Å². The van der Waals surface area contributed by atoms with E-state index in [0.29, 0.717) is 0 Å². The van der Waals surface area contributed by atoms with Crippen molar-refractivity contribution >= 4 is 90.8 Å². The Labute approximate surface area is 395 Å². The van der Waals surface area contributed by atoms with Crippen molar-refractivity contribution in [3.63, 3.8) is 0 Å². The average molecular weight is 879 g/mol. The Morgan fingerprint density at radius 2 is 1.01 bits per heavy atom. The van der Waals surface area contributed by atoms with E-state index in [1.807, 2.05) is 0 Å². The number of hydrogen-bond donors (Lipinski definition) is 0. The molecule has 5 heteroatoms. The minimum Gasteiger partial charge on any atom is -0.458 e. The Morgan fingerprint density at radius 3 is 1.66 bits per heavy atom. The molecule has 0 N–H and O–H groups in total. The fourth-order valence-electron chi connectivity index (χ4n) is 11.9. The van der Waals surface area contributed by atoms with Crippen LogP contribution in [0.1, 0.15) is 52.7 Å². The van der Waals surface area contributed by atoms with Crippen molar-refractivity contribution in [1.82, 2.24) is 4.57 Å². The molecule has 0 radical (unpaired) electrons. The second-order valence-corrected chi connectivity index (χ2v) is 24.6. The maximum atomic E-state index is 7.28. The smallest absolute Gasteiger partial charge is 0.256 e. The number of nitrogens with zero attached hydrogens (tertiary/aromatic N) is 2. The summed E-state index contributed by atoms with van der Waals surface area (Å²) in [5, 5.41) is 8.14. The van der Waals surface area contributed by atoms with Gasteiger partial charge in [0.25, 0.3) is 6.71 Å². The van der Waals surface area contributed by atoms with E-state index >= 15 is 0 Å². The molecule has 10 aromatic rings. The molecule has 0 aliphatic carbocycles. The van der Waals surface area contributed by atoms with Crippen LogP contribution in [0, 0.1) is 0 Å². The first-order chi connectivity index (χ1) is 32.5. The summed E-state index contributed by atoms with van der Waals surface area (Å²) in [5.41, 5.74) is 15.9. The van der Waals surface area contributed by atoms with Crippen LogP contribution in [0.15, 0.2) is 200 Å². The highest BCUT2D eigenvalue weighted by Gasteiger charge is 2.51. The quantitative estimate of drug-likeness (QED) is 0.164. The minimum absolute atomic E-state index is 0.00449. The summed E-state index contributed by atoms with van der Waals surface area (Å²) in [6, 6.07) is 76.0. The van der Waals surface area contributed by atoms with Gasteiger partial charge in [0.1, 0.15) is 11.5 Å². The van der Waals surface area contributed by atoms with E-state index in [1.54, 1.807) is 0 Å². The van der Waals surface area contributed by atoms with Gasteiger partial charge in [-0.2, -0.15) is 0 Å². The largest absolute Gasteiger partial charge is 0.458 e. The highest BCUT2D eigenvalue weighted by molar-refractivity contribution is 7.22. The molecule has 3 aliphatic rings. The first-order valence-corrected chi connectivity index (χ1v) is 25.8. The fourth-order valence-corrected chi connectivity index (χ4v) is 17.0. The molecule has 322 valence electrons. The minimum atomic E-state index is -2.85. The summed E-state index contributed by atoms with van der Waals surface area (Å²) >= 11 is 0. The number of rotatable bonds is 4. The summed E-state index contributed by atoms with van der Waals surface area (Å²) in [4.78, 5) is 2.58. The summed E-state index contributed by atoms with van der Waals surface area (Å²) in [7, 11) is -2.85. The zero-order valence-corrected chi connectivity index (χ0v) is 39.9. The molecule has 3 nitrogen and oxygen atoms in total. The van der Waals surface area contributed by atoms with Crippen LogP contribution in [0.25, 0.3) is 38.6 Å². The topological polar surface area (TPSA) is 17.4 Å². The Kier molecular flexibility index (Phi) is 8.55. The Morgan fingerprint density at radius 1 is 0.433 bits per heavy atom. The lowest BCUT2D eigenvalue weighted by molar-refractivity contribution is 0.486. The van der Waals surface area contributed by atoms with Crippen molar-refractivity contribution in [2.45, 2.75) is 52.4 Å². The maximum absolute atomic E-state index is 7.28. The molecule has 0 spiro atoms. The predicted octanol–water partition coefficient (Wildman–Crippen LogP) is 11.1. The van der Waals surface area contributed by atoms with Crippen molar-refractivity contribution in [3.05, 3.63) is 211 Å². The van der Waals surface area contributed by atoms with E-state index < -0.39 is 8.07 Å². The molecule has 1 aromatic heterocycles. The van der Waals surface area contributed by atoms with Gasteiger partial charge in [0, 0.05) is 33.9 Å². The SMILES string of the molecule is CC(C)(C)c1ccc(N2c3cc4c(cc3B3c5cc(C(C)(C)C)ccc5Oc5cc(-n6c7ccccc7c7ccccc76)cc2c53)-c2ccccc2[Si]4(c2ccccc2)c2ccccc2)cc1. The summed E-state index contributed by atoms with van der Waals surface area (Å²) in [6.07, 6.45) is 0. The number of benzene rings is 9. The molecule has 13 rings (SSSR count). The average Bonchev–Trinajstić information content (AvgIpc) is 3.83. The first-order valence-electron chi connectivity index (χ1n) is 23.8. The van der Waals surface area contributed by atoms with Crippen LogP contribution < -0.4 is 46.8 Å². The molecular formula is C62H51BN2OSi. The third-order valence-corrected chi connectivity index (χ3v) is 19.9. The lowest BCUT2D eigenvalue weighted by Gasteiger charge is -2.42. The van der Waals surface area contributed by atoms with Crippen LogP contribution >= 0.6 is 0 Å². The van der Waals surface area contributed by atoms with E-state index in [1.165, 1.54) is 86.9 Å². The van der Waals surface area contributed by atoms with Crippen LogP contribution in [-0.4, -0.2) is 19.4 Å². The number of anilines is 3. The van der Waals surface area contributed by atoms with Gasteiger partial charge >= 0.3 is 0 Å². The fraction of sp³-hybridized carbons (Fsp3) is 0.129. The molecule has 0 atom stereocenters. The first kappa shape index (κ1) is 40.0. The summed E-state index contributed by atoms with van der Waals surface area (Å²) in [5.74, 6) is 1.82. The van der Waals surface area contributed by atoms with Crippen LogP contribution in [0.2, 0.25) is 0 Å². The van der Waals surface area contributed by atoms with E-state index in [2.05, 4.69) is 251 Å². The molecule has 0 bridgehead atoms. The van der Waals surface area contributed by atoms with Crippen LogP contribution in [-0.2, 0) is 10.8 Å². The second-order valence-electron chi connectivity index (χ2n) is 20.9. The van der Waals surface area contributed by atoms with Gasteiger partial charge in [-0.05, 0) is 113 Å². The van der Waals surface area contributed by atoms with Gasteiger partial charge in [-0.1, -0.05) is 193 Å². The number of fused-ring (bicyclic) bond motifs is 10. The Bertz CT molecular complexity index is 3540. The highest BCUT2D eigenvalue weighted by Crippen LogP contribution is 2.45.